The van der Waals surface area contributed by atoms with E-state index in [1.807, 2.05) is 0 Å². The topological polar surface area (TPSA) is 42.4 Å². The van der Waals surface area contributed by atoms with Crippen molar-refractivity contribution in [2.24, 2.45) is 0 Å². The van der Waals surface area contributed by atoms with Gasteiger partial charge in [0.2, 0.25) is 5.95 Å². The van der Waals surface area contributed by atoms with Crippen LogP contribution in [0.15, 0.2) is 18.3 Å². The molecule has 0 spiro atoms. The van der Waals surface area contributed by atoms with Gasteiger partial charge in [0.15, 0.2) is 0 Å². The molecule has 1 aliphatic heterocycles. The number of halogens is 1. The van der Waals surface area contributed by atoms with Crippen molar-refractivity contribution in [3.63, 3.8) is 0 Å². The van der Waals surface area contributed by atoms with Gasteiger partial charge in [0, 0.05) is 12.7 Å². The minimum Gasteiger partial charge on any atom is -0.374 e. The van der Waals surface area contributed by atoms with Gasteiger partial charge in [-0.25, -0.2) is 4.98 Å². The van der Waals surface area contributed by atoms with Crippen molar-refractivity contribution < 1.29 is 13.9 Å². The second kappa shape index (κ2) is 5.25. The summed E-state index contributed by atoms with van der Waals surface area (Å²) < 4.78 is 19.4. The molecule has 2 heterocycles. The highest BCUT2D eigenvalue weighted by molar-refractivity contribution is 5.94. The third-order valence-corrected chi connectivity index (χ3v) is 3.98. The molecule has 3 rings (SSSR count). The fourth-order valence-corrected chi connectivity index (χ4v) is 3.05. The highest BCUT2D eigenvalue weighted by atomic mass is 19.1. The van der Waals surface area contributed by atoms with E-state index in [0.717, 1.165) is 25.7 Å². The Kier molecular flexibility index (Phi) is 3.46. The number of morpholine rings is 1. The number of nitrogens with zero attached hydrogens (tertiary/aromatic N) is 2. The van der Waals surface area contributed by atoms with E-state index in [0.29, 0.717) is 13.2 Å². The first kappa shape index (κ1) is 12.5. The third-order valence-electron chi connectivity index (χ3n) is 3.98. The Morgan fingerprint density at radius 1 is 1.42 bits per heavy atom. The second-order valence-electron chi connectivity index (χ2n) is 5.10. The van der Waals surface area contributed by atoms with E-state index in [2.05, 4.69) is 4.98 Å². The van der Waals surface area contributed by atoms with Crippen LogP contribution in [0.25, 0.3) is 0 Å². The molecule has 102 valence electrons. The number of amides is 1. The molecule has 19 heavy (non-hydrogen) atoms. The Balaban J connectivity index is 1.84. The number of ether oxygens (including phenoxy) is 1. The molecule has 0 radical (unpaired) electrons. The maximum atomic E-state index is 13.6. The van der Waals surface area contributed by atoms with E-state index in [9.17, 15) is 9.18 Å². The van der Waals surface area contributed by atoms with Crippen LogP contribution >= 0.6 is 0 Å². The summed E-state index contributed by atoms with van der Waals surface area (Å²) in [6.45, 7) is 1.07. The number of pyridine rings is 1. The van der Waals surface area contributed by atoms with E-state index in [4.69, 9.17) is 4.74 Å². The summed E-state index contributed by atoms with van der Waals surface area (Å²) in [6, 6.07) is 3.18. The first-order valence-electron chi connectivity index (χ1n) is 6.80. The van der Waals surface area contributed by atoms with Crippen LogP contribution in [-0.4, -0.2) is 41.1 Å². The van der Waals surface area contributed by atoms with E-state index in [1.54, 1.807) is 11.0 Å². The minimum absolute atomic E-state index is 0.0636. The van der Waals surface area contributed by atoms with Crippen LogP contribution in [0.3, 0.4) is 0 Å². The molecule has 0 aromatic carbocycles. The molecule has 2 aliphatic rings. The maximum absolute atomic E-state index is 13.6. The summed E-state index contributed by atoms with van der Waals surface area (Å²) in [5, 5.41) is 0. The number of carbonyl (C=O) groups is 1. The molecule has 0 bridgehead atoms. The predicted octanol–water partition coefficient (Wildman–Crippen LogP) is 2.00. The van der Waals surface area contributed by atoms with Crippen LogP contribution in [0, 0.1) is 5.95 Å². The molecule has 4 nitrogen and oxygen atoms in total. The molecule has 1 saturated carbocycles. The van der Waals surface area contributed by atoms with E-state index >= 15 is 0 Å². The quantitative estimate of drug-likeness (QED) is 0.729. The average molecular weight is 264 g/mol. The minimum atomic E-state index is -0.689. The molecule has 2 fully saturated rings. The molecular formula is C14H17FN2O2. The van der Waals surface area contributed by atoms with Crippen molar-refractivity contribution in [1.29, 1.82) is 0 Å². The number of fused-ring (bicyclic) bond motifs is 1. The van der Waals surface area contributed by atoms with Gasteiger partial charge in [-0.2, -0.15) is 4.39 Å². The highest BCUT2D eigenvalue weighted by Crippen LogP contribution is 2.29. The predicted molar refractivity (Wildman–Crippen MR) is 67.2 cm³/mol. The van der Waals surface area contributed by atoms with Crippen LogP contribution < -0.4 is 0 Å². The molecule has 0 N–H and O–H groups in total. The highest BCUT2D eigenvalue weighted by Gasteiger charge is 2.37. The number of hydrogen-bond donors (Lipinski definition) is 0. The Hall–Kier alpha value is -1.49. The molecule has 1 saturated heterocycles. The zero-order chi connectivity index (χ0) is 13.2. The van der Waals surface area contributed by atoms with Gasteiger partial charge in [0.25, 0.3) is 5.91 Å². The molecule has 1 aromatic heterocycles. The van der Waals surface area contributed by atoms with Crippen molar-refractivity contribution in [2.75, 3.05) is 13.2 Å². The SMILES string of the molecule is O=C(c1cccnc1F)N1CCOC2CCCCC21. The molecule has 1 aliphatic carbocycles. The Morgan fingerprint density at radius 2 is 2.26 bits per heavy atom. The van der Waals surface area contributed by atoms with Crippen LogP contribution in [0.5, 0.6) is 0 Å². The molecule has 2 atom stereocenters. The van der Waals surface area contributed by atoms with Gasteiger partial charge >= 0.3 is 0 Å². The summed E-state index contributed by atoms with van der Waals surface area (Å²) in [5.74, 6) is -0.947. The lowest BCUT2D eigenvalue weighted by atomic mass is 9.90. The van der Waals surface area contributed by atoms with Crippen molar-refractivity contribution in [2.45, 2.75) is 37.8 Å². The van der Waals surface area contributed by atoms with Crippen molar-refractivity contribution in [3.05, 3.63) is 29.8 Å². The lowest BCUT2D eigenvalue weighted by molar-refractivity contribution is -0.0754. The van der Waals surface area contributed by atoms with Crippen LogP contribution in [0.2, 0.25) is 0 Å². The average Bonchev–Trinajstić information content (AvgIpc) is 2.46. The standard InChI is InChI=1S/C14H17FN2O2/c15-13-10(4-3-7-16-13)14(18)17-8-9-19-12-6-2-1-5-11(12)17/h3-4,7,11-12H,1-2,5-6,8-9H2. The molecular weight excluding hydrogens is 247 g/mol. The summed E-state index contributed by atoms with van der Waals surface area (Å²) in [6.07, 6.45) is 5.65. The zero-order valence-corrected chi connectivity index (χ0v) is 10.7. The van der Waals surface area contributed by atoms with Gasteiger partial charge in [0.05, 0.1) is 24.3 Å². The van der Waals surface area contributed by atoms with Gasteiger partial charge in [-0.1, -0.05) is 12.8 Å². The molecule has 1 aromatic rings. The van der Waals surface area contributed by atoms with Gasteiger partial charge in [-0.05, 0) is 25.0 Å². The maximum Gasteiger partial charge on any atom is 0.258 e. The van der Waals surface area contributed by atoms with Crippen LogP contribution in [0.4, 0.5) is 4.39 Å². The van der Waals surface area contributed by atoms with Gasteiger partial charge in [-0.15, -0.1) is 0 Å². The van der Waals surface area contributed by atoms with E-state index in [1.165, 1.54) is 12.3 Å². The van der Waals surface area contributed by atoms with Crippen molar-refractivity contribution in [1.82, 2.24) is 9.88 Å². The normalized spacial score (nSPS) is 26.9. The van der Waals surface area contributed by atoms with Gasteiger partial charge < -0.3 is 9.64 Å². The Labute approximate surface area is 111 Å². The molecule has 2 unspecified atom stereocenters. The summed E-state index contributed by atoms with van der Waals surface area (Å²) in [4.78, 5) is 17.8. The Morgan fingerprint density at radius 3 is 3.11 bits per heavy atom. The first-order valence-corrected chi connectivity index (χ1v) is 6.80. The third kappa shape index (κ3) is 2.34. The number of rotatable bonds is 1. The van der Waals surface area contributed by atoms with Gasteiger partial charge in [0.1, 0.15) is 0 Å². The first-order chi connectivity index (χ1) is 9.27. The smallest absolute Gasteiger partial charge is 0.258 e. The van der Waals surface area contributed by atoms with E-state index in [-0.39, 0.29) is 23.6 Å². The van der Waals surface area contributed by atoms with Crippen molar-refractivity contribution in [3.8, 4) is 0 Å². The number of carbonyl (C=O) groups excluding carboxylic acids is 1. The molecule has 5 heteroatoms. The van der Waals surface area contributed by atoms with E-state index < -0.39 is 5.95 Å². The van der Waals surface area contributed by atoms with Crippen LogP contribution in [0.1, 0.15) is 36.0 Å². The fraction of sp³-hybridized carbons (Fsp3) is 0.571. The monoisotopic (exact) mass is 264 g/mol. The summed E-state index contributed by atoms with van der Waals surface area (Å²) in [7, 11) is 0. The fourth-order valence-electron chi connectivity index (χ4n) is 3.05. The Bertz CT molecular complexity index is 478. The number of hydrogen-bond acceptors (Lipinski definition) is 3. The summed E-state index contributed by atoms with van der Waals surface area (Å²) >= 11 is 0. The summed E-state index contributed by atoms with van der Waals surface area (Å²) in [5.41, 5.74) is 0.0636. The lowest BCUT2D eigenvalue weighted by Gasteiger charge is -2.43. The second-order valence-corrected chi connectivity index (χ2v) is 5.10. The largest absolute Gasteiger partial charge is 0.374 e. The zero-order valence-electron chi connectivity index (χ0n) is 10.7. The number of aromatic nitrogens is 1. The lowest BCUT2D eigenvalue weighted by Crippen LogP contribution is -2.55. The van der Waals surface area contributed by atoms with Gasteiger partial charge in [-0.3, -0.25) is 4.79 Å². The van der Waals surface area contributed by atoms with Crippen LogP contribution in [-0.2, 0) is 4.74 Å². The van der Waals surface area contributed by atoms with Crippen molar-refractivity contribution >= 4 is 5.91 Å². The molecule has 1 amide bonds.